The number of rotatable bonds is 8. The van der Waals surface area contributed by atoms with Gasteiger partial charge in [-0.2, -0.15) is 0 Å². The first-order valence-electron chi connectivity index (χ1n) is 5.74. The summed E-state index contributed by atoms with van der Waals surface area (Å²) in [5.41, 5.74) is -2.71. The first-order valence-corrected chi connectivity index (χ1v) is 9.76. The summed E-state index contributed by atoms with van der Waals surface area (Å²) < 4.78 is 8.41. The van der Waals surface area contributed by atoms with Gasteiger partial charge in [0.25, 0.3) is 0 Å². The summed E-state index contributed by atoms with van der Waals surface area (Å²) in [7, 11) is 0. The zero-order chi connectivity index (χ0) is 20.3. The smallest absolute Gasteiger partial charge is 0.342 e. The molecule has 1 N–H and O–H groups in total. The third-order valence-corrected chi connectivity index (χ3v) is 2.81. The van der Waals surface area contributed by atoms with Gasteiger partial charge in [-0.05, 0) is 0 Å². The minimum absolute atomic E-state index is 1.03. The number of aliphatic hydroxyl groups is 1. The van der Waals surface area contributed by atoms with Crippen LogP contribution in [-0.2, 0) is 28.6 Å². The van der Waals surface area contributed by atoms with E-state index >= 15 is 0 Å². The number of ether oxygens (including phenoxy) is 3. The maximum absolute atomic E-state index is 12.1. The molecular formula is C9H14O7S9. The van der Waals surface area contributed by atoms with Gasteiger partial charge in [-0.3, -0.25) is 9.59 Å². The predicted octanol–water partition coefficient (Wildman–Crippen LogP) is 1.33. The number of carbonyl (C=O) groups is 3. The molecule has 0 aliphatic carbocycles. The van der Waals surface area contributed by atoms with Gasteiger partial charge in [0.1, 0.15) is 0 Å². The Morgan fingerprint density at radius 3 is 1.16 bits per heavy atom. The van der Waals surface area contributed by atoms with E-state index in [4.69, 9.17) is 0 Å². The molecule has 0 amide bonds. The van der Waals surface area contributed by atoms with Crippen LogP contribution in [0, 0.1) is 0 Å². The van der Waals surface area contributed by atoms with Gasteiger partial charge in [0.15, 0.2) is 5.60 Å². The van der Waals surface area contributed by atoms with E-state index in [2.05, 4.69) is 128 Å². The Morgan fingerprint density at radius 2 is 0.920 bits per heavy atom. The largest absolute Gasteiger partial charge is 0.429 e. The van der Waals surface area contributed by atoms with Crippen LogP contribution in [-0.4, -0.2) is 39.4 Å². The van der Waals surface area contributed by atoms with Crippen LogP contribution in [0.2, 0.25) is 0 Å². The fraction of sp³-hybridized carbons (Fsp3) is 0.667. The Kier molecular flexibility index (Phi) is 10.4. The minimum atomic E-state index is -2.71. The van der Waals surface area contributed by atoms with Gasteiger partial charge >= 0.3 is 17.9 Å². The van der Waals surface area contributed by atoms with Crippen LogP contribution in [0.15, 0.2) is 0 Å². The third-order valence-electron chi connectivity index (χ3n) is 1.98. The molecule has 0 unspecified atom stereocenters. The molecule has 0 spiro atoms. The fourth-order valence-corrected chi connectivity index (χ4v) is 2.14. The van der Waals surface area contributed by atoms with Crippen molar-refractivity contribution in [3.63, 3.8) is 0 Å². The number of carbonyl (C=O) groups excluding carboxylic acids is 3. The molecular weight excluding hydrogens is 509 g/mol. The van der Waals surface area contributed by atoms with E-state index in [-0.39, 0.29) is 0 Å². The maximum Gasteiger partial charge on any atom is 0.342 e. The molecule has 0 saturated carbocycles. The molecule has 0 aromatic rings. The standard InChI is InChI=1S/C9H14O7S9/c10-3(14-7(17,18)19)1-6(13,5(12)16-9(23,24)25)2-4(11)15-8(20,21)22/h13,17-25H,1-2H2. The van der Waals surface area contributed by atoms with Gasteiger partial charge in [0, 0.05) is 0 Å². The van der Waals surface area contributed by atoms with Crippen molar-refractivity contribution in [3.05, 3.63) is 0 Å². The quantitative estimate of drug-likeness (QED) is 0.102. The van der Waals surface area contributed by atoms with E-state index in [1.54, 1.807) is 0 Å². The first kappa shape index (κ1) is 26.5. The monoisotopic (exact) mass is 522 g/mol. The van der Waals surface area contributed by atoms with Crippen molar-refractivity contribution < 1.29 is 33.7 Å². The highest BCUT2D eigenvalue weighted by molar-refractivity contribution is 8.17. The van der Waals surface area contributed by atoms with Crippen molar-refractivity contribution in [2.45, 2.75) is 29.2 Å². The molecule has 16 heteroatoms. The first-order chi connectivity index (χ1) is 10.8. The minimum Gasteiger partial charge on any atom is -0.429 e. The Labute approximate surface area is 193 Å². The Morgan fingerprint density at radius 1 is 0.640 bits per heavy atom. The average Bonchev–Trinajstić information content (AvgIpc) is 2.19. The van der Waals surface area contributed by atoms with Crippen LogP contribution >= 0.6 is 114 Å². The van der Waals surface area contributed by atoms with Crippen LogP contribution in [0.4, 0.5) is 0 Å². The van der Waals surface area contributed by atoms with Crippen LogP contribution in [0.1, 0.15) is 12.8 Å². The van der Waals surface area contributed by atoms with Crippen molar-refractivity contribution in [2.24, 2.45) is 0 Å². The molecule has 0 aromatic carbocycles. The second kappa shape index (κ2) is 9.82. The van der Waals surface area contributed by atoms with Gasteiger partial charge in [0.2, 0.25) is 10.8 Å². The fourth-order valence-electron chi connectivity index (χ4n) is 1.28. The number of hydrogen-bond donors (Lipinski definition) is 10. The molecule has 0 rings (SSSR count). The summed E-state index contributed by atoms with van der Waals surface area (Å²) in [5.74, 6) is -3.80. The molecule has 0 aliphatic rings. The molecule has 0 saturated heterocycles. The van der Waals surface area contributed by atoms with Crippen LogP contribution in [0.5, 0.6) is 0 Å². The van der Waals surface area contributed by atoms with Gasteiger partial charge in [-0.25, -0.2) is 4.79 Å². The third kappa shape index (κ3) is 13.3. The zero-order valence-electron chi connectivity index (χ0n) is 11.8. The molecule has 0 radical (unpaired) electrons. The highest BCUT2D eigenvalue weighted by Crippen LogP contribution is 2.33. The summed E-state index contributed by atoms with van der Waals surface area (Å²) in [6.45, 7) is 0. The molecule has 0 atom stereocenters. The Bertz CT molecular complexity index is 489. The predicted molar refractivity (Wildman–Crippen MR) is 122 cm³/mol. The SMILES string of the molecule is O=C(CC(O)(CC(=O)OC(S)(S)S)C(=O)OC(S)(S)S)OC(S)(S)S. The van der Waals surface area contributed by atoms with E-state index in [1.807, 2.05) is 0 Å². The van der Waals surface area contributed by atoms with Crippen LogP contribution in [0.25, 0.3) is 0 Å². The highest BCUT2D eigenvalue weighted by atomic mass is 32.2. The van der Waals surface area contributed by atoms with Crippen molar-refractivity contribution in [3.8, 4) is 0 Å². The highest BCUT2D eigenvalue weighted by Gasteiger charge is 2.46. The second-order valence-electron chi connectivity index (χ2n) is 4.44. The number of hydrogen-bond acceptors (Lipinski definition) is 16. The lowest BCUT2D eigenvalue weighted by Gasteiger charge is -2.29. The van der Waals surface area contributed by atoms with Gasteiger partial charge in [0.05, 0.1) is 12.8 Å². The summed E-state index contributed by atoms with van der Waals surface area (Å²) in [5, 5.41) is 10.4. The van der Waals surface area contributed by atoms with Crippen LogP contribution < -0.4 is 0 Å². The lowest BCUT2D eigenvalue weighted by molar-refractivity contribution is -0.177. The molecule has 0 fully saturated rings. The summed E-state index contributed by atoms with van der Waals surface area (Å²) >= 11 is 33.5. The zero-order valence-corrected chi connectivity index (χ0v) is 19.9. The molecule has 0 heterocycles. The van der Waals surface area contributed by atoms with Crippen molar-refractivity contribution >= 4 is 132 Å². The maximum atomic E-state index is 12.1. The van der Waals surface area contributed by atoms with E-state index in [0.717, 1.165) is 0 Å². The normalized spacial score (nSPS) is 13.2. The van der Waals surface area contributed by atoms with Crippen molar-refractivity contribution in [1.82, 2.24) is 0 Å². The molecule has 7 nitrogen and oxygen atoms in total. The number of thiol groups is 9. The average molecular weight is 523 g/mol. The van der Waals surface area contributed by atoms with E-state index < -0.39 is 47.1 Å². The van der Waals surface area contributed by atoms with Gasteiger partial charge in [-0.15, -0.1) is 114 Å². The molecule has 0 bridgehead atoms. The summed E-state index contributed by atoms with van der Waals surface area (Å²) in [4.78, 5) is 35.8. The van der Waals surface area contributed by atoms with Gasteiger partial charge in [-0.1, -0.05) is 0 Å². The van der Waals surface area contributed by atoms with E-state index in [1.165, 1.54) is 0 Å². The summed E-state index contributed by atoms with van der Waals surface area (Å²) in [6, 6.07) is 0. The van der Waals surface area contributed by atoms with E-state index in [9.17, 15) is 19.5 Å². The Hall–Kier alpha value is 1.52. The van der Waals surface area contributed by atoms with E-state index in [0.29, 0.717) is 0 Å². The lowest BCUT2D eigenvalue weighted by atomic mass is 9.96. The number of esters is 3. The molecule has 0 aromatic heterocycles. The lowest BCUT2D eigenvalue weighted by Crippen LogP contribution is -2.47. The van der Waals surface area contributed by atoms with Crippen molar-refractivity contribution in [1.29, 1.82) is 0 Å². The van der Waals surface area contributed by atoms with Crippen LogP contribution in [0.3, 0.4) is 0 Å². The summed E-state index contributed by atoms with van der Waals surface area (Å²) in [6.07, 6.45) is -2.07. The van der Waals surface area contributed by atoms with Gasteiger partial charge < -0.3 is 19.3 Å². The molecule has 146 valence electrons. The second-order valence-corrected chi connectivity index (χ2v) is 13.3. The molecule has 25 heavy (non-hydrogen) atoms. The van der Waals surface area contributed by atoms with Crippen molar-refractivity contribution in [2.75, 3.05) is 0 Å². The topological polar surface area (TPSA) is 99.1 Å². The molecule has 0 aliphatic heterocycles. The Balaban J connectivity index is 5.39.